The molecule has 312 valence electrons. The van der Waals surface area contributed by atoms with Crippen LogP contribution in [0.1, 0.15) is 0 Å². The molecule has 0 unspecified atom stereocenters. The van der Waals surface area contributed by atoms with E-state index in [4.69, 9.17) is 0 Å². The van der Waals surface area contributed by atoms with Gasteiger partial charge in [0.1, 0.15) is 0 Å². The van der Waals surface area contributed by atoms with E-state index in [0.717, 1.165) is 0 Å². The van der Waals surface area contributed by atoms with Crippen LogP contribution in [0.25, 0.3) is 152 Å². The minimum Gasteiger partial charge on any atom is -0.0616 e. The predicted octanol–water partition coefficient (Wildman–Crippen LogP) is 19.3. The number of fused-ring (bicyclic) bond motifs is 10. The Morgan fingerprint density at radius 2 is 0.441 bits per heavy atom. The summed E-state index contributed by atoms with van der Waals surface area (Å²) in [6, 6.07) is 91.4. The molecule has 0 saturated heterocycles. The number of benzene rings is 15. The van der Waals surface area contributed by atoms with E-state index in [-0.39, 0.29) is 0 Å². The minimum atomic E-state index is 1.22. The standard InChI is InChI=1S/C68H40/c1-5-21-51-41(15-1)19-13-29-55(51)45-31-49-33-47(61-35-43-17-3-7-23-53(43)57-25-9-11-27-59(57)61)40-66-64-38-46(56-30-14-20-42-16-2-6-22-52(42)56)32-50-34-48(39-65(68(50)64)63(37-45)67(49)66)62-36-44-18-4-8-24-54(44)58-26-10-12-28-60(58)62/h1-40H. The molecule has 15 aromatic carbocycles. The molecule has 0 bridgehead atoms. The Morgan fingerprint density at radius 1 is 0.147 bits per heavy atom. The van der Waals surface area contributed by atoms with Crippen LogP contribution in [-0.4, -0.2) is 0 Å². The first kappa shape index (κ1) is 37.4. The van der Waals surface area contributed by atoms with E-state index in [1.807, 2.05) is 0 Å². The van der Waals surface area contributed by atoms with Gasteiger partial charge in [-0.1, -0.05) is 182 Å². The summed E-state index contributed by atoms with van der Waals surface area (Å²) >= 11 is 0. The van der Waals surface area contributed by atoms with Crippen molar-refractivity contribution >= 4 is 108 Å². The van der Waals surface area contributed by atoms with Crippen LogP contribution in [0.15, 0.2) is 243 Å². The van der Waals surface area contributed by atoms with Crippen molar-refractivity contribution in [1.82, 2.24) is 0 Å². The van der Waals surface area contributed by atoms with E-state index in [0.29, 0.717) is 0 Å². The highest BCUT2D eigenvalue weighted by atomic mass is 14.2. The molecule has 0 atom stereocenters. The topological polar surface area (TPSA) is 0 Å². The molecular formula is C68H40. The van der Waals surface area contributed by atoms with Gasteiger partial charge in [0.15, 0.2) is 0 Å². The molecule has 0 aliphatic rings. The molecule has 0 N–H and O–H groups in total. The third-order valence-corrected chi connectivity index (χ3v) is 15.0. The highest BCUT2D eigenvalue weighted by Crippen LogP contribution is 2.49. The largest absolute Gasteiger partial charge is 0.0616 e. The lowest BCUT2D eigenvalue weighted by Crippen LogP contribution is -1.93. The third kappa shape index (κ3) is 5.49. The van der Waals surface area contributed by atoms with Gasteiger partial charge in [0, 0.05) is 0 Å². The molecule has 0 fully saturated rings. The van der Waals surface area contributed by atoms with Gasteiger partial charge >= 0.3 is 0 Å². The van der Waals surface area contributed by atoms with Crippen molar-refractivity contribution in [1.29, 1.82) is 0 Å². The molecule has 0 heteroatoms. The van der Waals surface area contributed by atoms with Crippen molar-refractivity contribution in [3.8, 4) is 44.5 Å². The monoisotopic (exact) mass is 856 g/mol. The second-order valence-corrected chi connectivity index (χ2v) is 18.7. The average Bonchev–Trinajstić information content (AvgIpc) is 3.40. The molecule has 15 rings (SSSR count). The van der Waals surface area contributed by atoms with Gasteiger partial charge < -0.3 is 0 Å². The van der Waals surface area contributed by atoms with Crippen molar-refractivity contribution < 1.29 is 0 Å². The maximum absolute atomic E-state index is 2.51. The van der Waals surface area contributed by atoms with Gasteiger partial charge in [0.2, 0.25) is 0 Å². The molecule has 15 aromatic rings. The van der Waals surface area contributed by atoms with E-state index in [9.17, 15) is 0 Å². The van der Waals surface area contributed by atoms with Crippen LogP contribution in [0.5, 0.6) is 0 Å². The highest BCUT2D eigenvalue weighted by molar-refractivity contribution is 6.36. The van der Waals surface area contributed by atoms with Crippen LogP contribution >= 0.6 is 0 Å². The van der Waals surface area contributed by atoms with E-state index < -0.39 is 0 Å². The zero-order valence-electron chi connectivity index (χ0n) is 37.1. The maximum Gasteiger partial charge on any atom is -0.00255 e. The van der Waals surface area contributed by atoms with E-state index in [1.54, 1.807) is 0 Å². The van der Waals surface area contributed by atoms with Crippen LogP contribution in [0.4, 0.5) is 0 Å². The first-order valence-corrected chi connectivity index (χ1v) is 23.7. The summed E-state index contributed by atoms with van der Waals surface area (Å²) in [4.78, 5) is 0. The van der Waals surface area contributed by atoms with Crippen molar-refractivity contribution in [3.05, 3.63) is 243 Å². The number of rotatable bonds is 4. The Bertz CT molecular complexity index is 4300. The van der Waals surface area contributed by atoms with Gasteiger partial charge in [-0.2, -0.15) is 0 Å². The summed E-state index contributed by atoms with van der Waals surface area (Å²) < 4.78 is 0. The molecule has 0 aromatic heterocycles. The van der Waals surface area contributed by atoms with Crippen LogP contribution in [0.2, 0.25) is 0 Å². The fourth-order valence-corrected chi connectivity index (χ4v) is 12.0. The van der Waals surface area contributed by atoms with Gasteiger partial charge in [-0.05, 0) is 213 Å². The highest BCUT2D eigenvalue weighted by Gasteiger charge is 2.21. The summed E-state index contributed by atoms with van der Waals surface area (Å²) in [7, 11) is 0. The normalized spacial score (nSPS) is 12.1. The van der Waals surface area contributed by atoms with Gasteiger partial charge in [-0.3, -0.25) is 0 Å². The van der Waals surface area contributed by atoms with E-state index >= 15 is 0 Å². The molecular weight excluding hydrogens is 817 g/mol. The number of hydrogen-bond acceptors (Lipinski definition) is 0. The molecule has 0 saturated carbocycles. The zero-order chi connectivity index (χ0) is 44.5. The van der Waals surface area contributed by atoms with Crippen molar-refractivity contribution in [2.24, 2.45) is 0 Å². The summed E-state index contributed by atoms with van der Waals surface area (Å²) in [6.45, 7) is 0. The molecule has 0 aliphatic heterocycles. The Labute approximate surface area is 392 Å². The fraction of sp³-hybridized carbons (Fsp3) is 0. The van der Waals surface area contributed by atoms with Crippen molar-refractivity contribution in [2.45, 2.75) is 0 Å². The van der Waals surface area contributed by atoms with Gasteiger partial charge in [0.05, 0.1) is 0 Å². The summed E-state index contributed by atoms with van der Waals surface area (Å²) in [6.07, 6.45) is 0. The molecule has 0 spiro atoms. The molecule has 0 amide bonds. The quantitative estimate of drug-likeness (QED) is 0.122. The summed E-state index contributed by atoms with van der Waals surface area (Å²) in [5, 5.41) is 25.3. The van der Waals surface area contributed by atoms with Gasteiger partial charge in [-0.15, -0.1) is 0 Å². The summed E-state index contributed by atoms with van der Waals surface area (Å²) in [5.74, 6) is 0. The first-order valence-electron chi connectivity index (χ1n) is 23.7. The van der Waals surface area contributed by atoms with E-state index in [2.05, 4.69) is 243 Å². The minimum absolute atomic E-state index is 1.22. The third-order valence-electron chi connectivity index (χ3n) is 15.0. The second-order valence-electron chi connectivity index (χ2n) is 18.7. The van der Waals surface area contributed by atoms with Crippen LogP contribution in [0.3, 0.4) is 0 Å². The van der Waals surface area contributed by atoms with Crippen molar-refractivity contribution in [3.63, 3.8) is 0 Å². The Morgan fingerprint density at radius 3 is 0.838 bits per heavy atom. The van der Waals surface area contributed by atoms with Crippen LogP contribution in [0, 0.1) is 0 Å². The lowest BCUT2D eigenvalue weighted by atomic mass is 9.82. The van der Waals surface area contributed by atoms with E-state index in [1.165, 1.54) is 152 Å². The smallest absolute Gasteiger partial charge is 0.00255 e. The Balaban J connectivity index is 1.14. The molecule has 68 heavy (non-hydrogen) atoms. The lowest BCUT2D eigenvalue weighted by molar-refractivity contribution is 1.68. The fourth-order valence-electron chi connectivity index (χ4n) is 12.0. The molecule has 0 aliphatic carbocycles. The maximum atomic E-state index is 2.51. The zero-order valence-corrected chi connectivity index (χ0v) is 37.1. The Hall–Kier alpha value is -8.84. The lowest BCUT2D eigenvalue weighted by Gasteiger charge is -2.21. The predicted molar refractivity (Wildman–Crippen MR) is 294 cm³/mol. The molecule has 0 radical (unpaired) electrons. The summed E-state index contributed by atoms with van der Waals surface area (Å²) in [5.41, 5.74) is 9.89. The average molecular weight is 857 g/mol. The van der Waals surface area contributed by atoms with Crippen molar-refractivity contribution in [2.75, 3.05) is 0 Å². The van der Waals surface area contributed by atoms with Gasteiger partial charge in [0.25, 0.3) is 0 Å². The molecule has 0 heterocycles. The second kappa shape index (κ2) is 14.3. The Kier molecular flexibility index (Phi) is 7.88. The first-order chi connectivity index (χ1) is 33.7. The van der Waals surface area contributed by atoms with Crippen LogP contribution < -0.4 is 0 Å². The van der Waals surface area contributed by atoms with Gasteiger partial charge in [-0.25, -0.2) is 0 Å². The SMILES string of the molecule is c1ccc2c(-c3cc4cc(-c5cc6ccccc6c6ccccc56)cc5c6cc(-c7cccc8ccccc78)cc7cc(-c8cc9ccccc9c9ccccc89)cc(c(c3)c45)c76)cccc2c1. The number of hydrogen-bond donors (Lipinski definition) is 0. The van der Waals surface area contributed by atoms with Crippen LogP contribution in [-0.2, 0) is 0 Å². The molecule has 0 nitrogen and oxygen atoms in total.